The quantitative estimate of drug-likeness (QED) is 0.769. The fourth-order valence-corrected chi connectivity index (χ4v) is 1.89. The summed E-state index contributed by atoms with van der Waals surface area (Å²) in [4.78, 5) is 11.5. The van der Waals surface area contributed by atoms with E-state index in [1.54, 1.807) is 0 Å². The maximum Gasteiger partial charge on any atom is 0.237 e. The van der Waals surface area contributed by atoms with Crippen molar-refractivity contribution >= 4 is 5.91 Å². The Morgan fingerprint density at radius 3 is 2.81 bits per heavy atom. The number of hydrogen-bond donors (Lipinski definition) is 1. The van der Waals surface area contributed by atoms with Gasteiger partial charge in [-0.1, -0.05) is 6.92 Å². The van der Waals surface area contributed by atoms with Gasteiger partial charge in [0, 0.05) is 19.8 Å². The second-order valence-corrected chi connectivity index (χ2v) is 4.23. The maximum atomic E-state index is 11.5. The molecule has 90 valence electrons. The Labute approximate surface area is 97.0 Å². The van der Waals surface area contributed by atoms with E-state index in [9.17, 15) is 4.79 Å². The van der Waals surface area contributed by atoms with Crippen molar-refractivity contribution < 1.29 is 9.53 Å². The molecule has 0 bridgehead atoms. The van der Waals surface area contributed by atoms with E-state index in [-0.39, 0.29) is 5.91 Å². The minimum absolute atomic E-state index is 0.128. The molecule has 0 spiro atoms. The van der Waals surface area contributed by atoms with Gasteiger partial charge in [0.2, 0.25) is 5.91 Å². The Hall–Kier alpha value is -1.08. The number of hydrogen-bond acceptors (Lipinski definition) is 3. The molecule has 1 rings (SSSR count). The molecule has 0 aliphatic carbocycles. The predicted molar refractivity (Wildman–Crippen MR) is 60.6 cm³/mol. The van der Waals surface area contributed by atoms with Gasteiger partial charge in [-0.25, -0.2) is 0 Å². The van der Waals surface area contributed by atoms with Gasteiger partial charge < -0.3 is 10.1 Å². The molecule has 4 nitrogen and oxygen atoms in total. The number of carbonyl (C=O) groups is 1. The molecular weight excluding hydrogens is 204 g/mol. The molecule has 1 fully saturated rings. The largest absolute Gasteiger partial charge is 0.381 e. The van der Waals surface area contributed by atoms with Gasteiger partial charge in [-0.05, 0) is 31.6 Å². The molecule has 0 aromatic heterocycles. The molecule has 1 N–H and O–H groups in total. The van der Waals surface area contributed by atoms with Crippen LogP contribution in [0.25, 0.3) is 0 Å². The second-order valence-electron chi connectivity index (χ2n) is 4.23. The van der Waals surface area contributed by atoms with Crippen LogP contribution in [0, 0.1) is 23.2 Å². The van der Waals surface area contributed by atoms with Crippen molar-refractivity contribution in [3.8, 4) is 6.07 Å². The highest BCUT2D eigenvalue weighted by Gasteiger charge is 2.17. The van der Waals surface area contributed by atoms with E-state index in [0.717, 1.165) is 32.5 Å². The molecule has 0 radical (unpaired) electrons. The third kappa shape index (κ3) is 4.19. The van der Waals surface area contributed by atoms with Crippen LogP contribution in [0.1, 0.15) is 32.6 Å². The smallest absolute Gasteiger partial charge is 0.237 e. The molecule has 1 aliphatic heterocycles. The van der Waals surface area contributed by atoms with Gasteiger partial charge in [0.1, 0.15) is 5.92 Å². The lowest BCUT2D eigenvalue weighted by Crippen LogP contribution is -2.32. The van der Waals surface area contributed by atoms with Gasteiger partial charge in [-0.15, -0.1) is 0 Å². The van der Waals surface area contributed by atoms with Gasteiger partial charge in [-0.3, -0.25) is 4.79 Å². The molecule has 0 saturated carbocycles. The fourth-order valence-electron chi connectivity index (χ4n) is 1.89. The summed E-state index contributed by atoms with van der Waals surface area (Å²) < 4.78 is 5.27. The zero-order valence-electron chi connectivity index (χ0n) is 9.87. The summed E-state index contributed by atoms with van der Waals surface area (Å²) in [5.41, 5.74) is 0. The van der Waals surface area contributed by atoms with Crippen LogP contribution in [0.5, 0.6) is 0 Å². The van der Waals surface area contributed by atoms with E-state index in [2.05, 4.69) is 5.32 Å². The van der Waals surface area contributed by atoms with Crippen molar-refractivity contribution in [2.75, 3.05) is 19.8 Å². The van der Waals surface area contributed by atoms with Crippen LogP contribution in [0.2, 0.25) is 0 Å². The van der Waals surface area contributed by atoms with Crippen molar-refractivity contribution in [3.05, 3.63) is 0 Å². The van der Waals surface area contributed by atoms with Gasteiger partial charge in [0.05, 0.1) is 6.07 Å². The predicted octanol–water partition coefficient (Wildman–Crippen LogP) is 1.47. The molecule has 1 heterocycles. The van der Waals surface area contributed by atoms with E-state index < -0.39 is 5.92 Å². The van der Waals surface area contributed by atoms with Crippen LogP contribution in [0.15, 0.2) is 0 Å². The molecule has 0 aromatic rings. The maximum absolute atomic E-state index is 11.5. The molecular formula is C12H20N2O2. The van der Waals surface area contributed by atoms with Gasteiger partial charge in [0.15, 0.2) is 0 Å². The average molecular weight is 224 g/mol. The van der Waals surface area contributed by atoms with Gasteiger partial charge in [0.25, 0.3) is 0 Å². The van der Waals surface area contributed by atoms with E-state index in [1.807, 2.05) is 13.0 Å². The fraction of sp³-hybridized carbons (Fsp3) is 0.833. The molecule has 1 aliphatic rings. The molecule has 1 unspecified atom stereocenters. The van der Waals surface area contributed by atoms with Crippen LogP contribution in [-0.4, -0.2) is 25.7 Å². The van der Waals surface area contributed by atoms with Crippen LogP contribution >= 0.6 is 0 Å². The van der Waals surface area contributed by atoms with Gasteiger partial charge in [-0.2, -0.15) is 5.26 Å². The van der Waals surface area contributed by atoms with Crippen molar-refractivity contribution in [2.45, 2.75) is 32.6 Å². The average Bonchev–Trinajstić information content (AvgIpc) is 2.32. The minimum Gasteiger partial charge on any atom is -0.381 e. The van der Waals surface area contributed by atoms with Crippen molar-refractivity contribution in [2.24, 2.45) is 11.8 Å². The normalized spacial score (nSPS) is 18.8. The minimum atomic E-state index is -0.491. The highest BCUT2D eigenvalue weighted by atomic mass is 16.5. The topological polar surface area (TPSA) is 62.1 Å². The Kier molecular flexibility index (Phi) is 5.87. The Morgan fingerprint density at radius 2 is 2.25 bits per heavy atom. The summed E-state index contributed by atoms with van der Waals surface area (Å²) in [7, 11) is 0. The number of nitriles is 1. The lowest BCUT2D eigenvalue weighted by molar-refractivity contribution is -0.123. The van der Waals surface area contributed by atoms with E-state index in [4.69, 9.17) is 10.00 Å². The summed E-state index contributed by atoms with van der Waals surface area (Å²) in [6, 6.07) is 2.01. The zero-order valence-corrected chi connectivity index (χ0v) is 9.87. The summed E-state index contributed by atoms with van der Waals surface area (Å²) in [5.74, 6) is 0.0444. The zero-order chi connectivity index (χ0) is 11.8. The summed E-state index contributed by atoms with van der Waals surface area (Å²) in [6.45, 7) is 4.22. The molecule has 16 heavy (non-hydrogen) atoms. The summed E-state index contributed by atoms with van der Waals surface area (Å²) in [6.07, 6.45) is 3.76. The number of carbonyl (C=O) groups excluding carboxylic acids is 1. The van der Waals surface area contributed by atoms with Crippen LogP contribution < -0.4 is 5.32 Å². The van der Waals surface area contributed by atoms with Crippen LogP contribution in [0.3, 0.4) is 0 Å². The monoisotopic (exact) mass is 224 g/mol. The lowest BCUT2D eigenvalue weighted by Gasteiger charge is -2.22. The first-order valence-electron chi connectivity index (χ1n) is 6.03. The van der Waals surface area contributed by atoms with Gasteiger partial charge >= 0.3 is 0 Å². The summed E-state index contributed by atoms with van der Waals surface area (Å²) in [5, 5.41) is 11.5. The van der Waals surface area contributed by atoms with Crippen LogP contribution in [-0.2, 0) is 9.53 Å². The van der Waals surface area contributed by atoms with E-state index in [0.29, 0.717) is 18.9 Å². The van der Waals surface area contributed by atoms with E-state index >= 15 is 0 Å². The third-order valence-electron chi connectivity index (χ3n) is 3.07. The highest BCUT2D eigenvalue weighted by molar-refractivity contribution is 5.80. The molecule has 1 saturated heterocycles. The molecule has 4 heteroatoms. The number of nitrogens with zero attached hydrogens (tertiary/aromatic N) is 1. The third-order valence-corrected chi connectivity index (χ3v) is 3.07. The molecule has 1 amide bonds. The first kappa shape index (κ1) is 13.0. The van der Waals surface area contributed by atoms with Crippen molar-refractivity contribution in [1.82, 2.24) is 5.32 Å². The number of ether oxygens (including phenoxy) is 1. The lowest BCUT2D eigenvalue weighted by atomic mass is 9.96. The summed E-state index contributed by atoms with van der Waals surface area (Å²) >= 11 is 0. The standard InChI is InChI=1S/C12H20N2O2/c1-2-11(9-13)12(15)14-6-3-10-4-7-16-8-5-10/h10-11H,2-8H2,1H3,(H,14,15). The Bertz CT molecular complexity index is 254. The Morgan fingerprint density at radius 1 is 1.56 bits per heavy atom. The van der Waals surface area contributed by atoms with Crippen molar-refractivity contribution in [3.63, 3.8) is 0 Å². The second kappa shape index (κ2) is 7.24. The molecule has 0 aromatic carbocycles. The van der Waals surface area contributed by atoms with E-state index in [1.165, 1.54) is 0 Å². The van der Waals surface area contributed by atoms with Crippen molar-refractivity contribution in [1.29, 1.82) is 5.26 Å². The number of rotatable bonds is 5. The molecule has 1 atom stereocenters. The number of nitrogens with one attached hydrogen (secondary N) is 1. The van der Waals surface area contributed by atoms with Crippen LogP contribution in [0.4, 0.5) is 0 Å². The first-order chi connectivity index (χ1) is 7.77. The SMILES string of the molecule is CCC(C#N)C(=O)NCCC1CCOCC1. The first-order valence-corrected chi connectivity index (χ1v) is 6.03. The number of amides is 1. The Balaban J connectivity index is 2.14. The highest BCUT2D eigenvalue weighted by Crippen LogP contribution is 2.17.